The smallest absolute Gasteiger partial charge is 0.237 e. The lowest BCUT2D eigenvalue weighted by Gasteiger charge is -2.17. The third-order valence-corrected chi connectivity index (χ3v) is 3.95. The number of nitrogens with one attached hydrogen (secondary N) is 2. The molecule has 3 N–H and O–H groups in total. The predicted molar refractivity (Wildman–Crippen MR) is 85.1 cm³/mol. The van der Waals surface area contributed by atoms with Crippen LogP contribution in [0.3, 0.4) is 0 Å². The van der Waals surface area contributed by atoms with Crippen molar-refractivity contribution in [2.75, 3.05) is 6.54 Å². The fraction of sp³-hybridized carbons (Fsp3) is 0.500. The Hall–Kier alpha value is -0.690. The van der Waals surface area contributed by atoms with E-state index in [9.17, 15) is 14.3 Å². The zero-order valence-electron chi connectivity index (χ0n) is 11.6. The Balaban J connectivity index is 0.00000220. The van der Waals surface area contributed by atoms with Crippen LogP contribution in [0.5, 0.6) is 0 Å². The molecule has 1 aliphatic rings. The molecule has 4 nitrogen and oxygen atoms in total. The van der Waals surface area contributed by atoms with E-state index in [-0.39, 0.29) is 36.2 Å². The first-order chi connectivity index (χ1) is 9.45. The van der Waals surface area contributed by atoms with E-state index in [1.807, 2.05) is 6.92 Å². The second-order valence-corrected chi connectivity index (χ2v) is 6.07. The molecule has 21 heavy (non-hydrogen) atoms. The van der Waals surface area contributed by atoms with Gasteiger partial charge in [0, 0.05) is 12.6 Å². The first kappa shape index (κ1) is 18.4. The molecule has 0 aromatic heterocycles. The first-order valence-electron chi connectivity index (χ1n) is 6.61. The van der Waals surface area contributed by atoms with Gasteiger partial charge in [-0.2, -0.15) is 0 Å². The van der Waals surface area contributed by atoms with Crippen molar-refractivity contribution in [3.63, 3.8) is 0 Å². The third kappa shape index (κ3) is 5.21. The zero-order chi connectivity index (χ0) is 14.7. The summed E-state index contributed by atoms with van der Waals surface area (Å²) in [6, 6.07) is 4.45. The monoisotopic (exact) mass is 380 g/mol. The van der Waals surface area contributed by atoms with Gasteiger partial charge in [-0.05, 0) is 53.4 Å². The Bertz CT molecular complexity index is 504. The number of amides is 1. The van der Waals surface area contributed by atoms with Gasteiger partial charge in [0.1, 0.15) is 5.82 Å². The summed E-state index contributed by atoms with van der Waals surface area (Å²) in [4.78, 5) is 12.0. The Labute approximate surface area is 138 Å². The minimum atomic E-state index is -0.450. The second kappa shape index (κ2) is 8.08. The molecule has 0 saturated carbocycles. The fourth-order valence-corrected chi connectivity index (χ4v) is 2.76. The van der Waals surface area contributed by atoms with E-state index in [4.69, 9.17) is 0 Å². The molecular formula is C14H19BrClFN2O2. The normalized spacial score (nSPS) is 22.5. The van der Waals surface area contributed by atoms with Crippen LogP contribution in [-0.4, -0.2) is 35.7 Å². The lowest BCUT2D eigenvalue weighted by molar-refractivity contribution is -0.123. The highest BCUT2D eigenvalue weighted by Gasteiger charge is 2.28. The van der Waals surface area contributed by atoms with E-state index in [0.29, 0.717) is 23.9 Å². The number of hydrogen-bond acceptors (Lipinski definition) is 3. The summed E-state index contributed by atoms with van der Waals surface area (Å²) in [6.45, 7) is 2.36. The predicted octanol–water partition coefficient (Wildman–Crippen LogP) is 1.78. The third-order valence-electron chi connectivity index (χ3n) is 3.34. The highest BCUT2D eigenvalue weighted by molar-refractivity contribution is 9.10. The molecule has 0 aliphatic carbocycles. The SMILES string of the molecule is CC(Cc1ccc(F)c(Br)c1)NC(=O)C1CC(O)CN1.Cl. The topological polar surface area (TPSA) is 61.4 Å². The van der Waals surface area contributed by atoms with Crippen molar-refractivity contribution in [2.45, 2.75) is 38.0 Å². The van der Waals surface area contributed by atoms with E-state index < -0.39 is 6.10 Å². The lowest BCUT2D eigenvalue weighted by atomic mass is 10.1. The minimum Gasteiger partial charge on any atom is -0.392 e. The molecular weight excluding hydrogens is 363 g/mol. The van der Waals surface area contributed by atoms with Crippen molar-refractivity contribution in [3.05, 3.63) is 34.1 Å². The van der Waals surface area contributed by atoms with E-state index in [2.05, 4.69) is 26.6 Å². The molecule has 3 unspecified atom stereocenters. The largest absolute Gasteiger partial charge is 0.392 e. The van der Waals surface area contributed by atoms with E-state index in [0.717, 1.165) is 5.56 Å². The summed E-state index contributed by atoms with van der Waals surface area (Å²) in [7, 11) is 0. The van der Waals surface area contributed by atoms with Crippen LogP contribution in [0.1, 0.15) is 18.9 Å². The van der Waals surface area contributed by atoms with Gasteiger partial charge in [0.15, 0.2) is 0 Å². The average Bonchev–Trinajstić information content (AvgIpc) is 2.80. The number of carbonyl (C=O) groups excluding carboxylic acids is 1. The number of aliphatic hydroxyl groups excluding tert-OH is 1. The maximum Gasteiger partial charge on any atom is 0.237 e. The number of carbonyl (C=O) groups is 1. The van der Waals surface area contributed by atoms with Gasteiger partial charge in [0.25, 0.3) is 0 Å². The molecule has 7 heteroatoms. The van der Waals surface area contributed by atoms with Gasteiger partial charge >= 0.3 is 0 Å². The van der Waals surface area contributed by atoms with Crippen LogP contribution in [0.2, 0.25) is 0 Å². The summed E-state index contributed by atoms with van der Waals surface area (Å²) < 4.78 is 13.6. The van der Waals surface area contributed by atoms with Crippen LogP contribution in [0.4, 0.5) is 4.39 Å². The van der Waals surface area contributed by atoms with Crippen LogP contribution in [0.15, 0.2) is 22.7 Å². The van der Waals surface area contributed by atoms with Gasteiger partial charge in [-0.1, -0.05) is 6.07 Å². The number of rotatable bonds is 4. The van der Waals surface area contributed by atoms with Crippen LogP contribution in [-0.2, 0) is 11.2 Å². The standard InChI is InChI=1S/C14H18BrFN2O2.ClH/c1-8(4-9-2-3-12(16)11(15)5-9)18-14(20)13-6-10(19)7-17-13;/h2-3,5,8,10,13,17,19H,4,6-7H2,1H3,(H,18,20);1H. The number of benzene rings is 1. The second-order valence-electron chi connectivity index (χ2n) is 5.21. The minimum absolute atomic E-state index is 0. The quantitative estimate of drug-likeness (QED) is 0.745. The van der Waals surface area contributed by atoms with Gasteiger partial charge in [0.2, 0.25) is 5.91 Å². The summed E-state index contributed by atoms with van der Waals surface area (Å²) >= 11 is 3.15. The van der Waals surface area contributed by atoms with Gasteiger partial charge in [-0.25, -0.2) is 4.39 Å². The molecule has 0 spiro atoms. The van der Waals surface area contributed by atoms with Crippen molar-refractivity contribution in [2.24, 2.45) is 0 Å². The molecule has 1 fully saturated rings. The molecule has 0 radical (unpaired) electrons. The van der Waals surface area contributed by atoms with Crippen LogP contribution >= 0.6 is 28.3 Å². The van der Waals surface area contributed by atoms with Crippen molar-refractivity contribution in [1.29, 1.82) is 0 Å². The Morgan fingerprint density at radius 3 is 2.90 bits per heavy atom. The maximum atomic E-state index is 13.1. The highest BCUT2D eigenvalue weighted by Crippen LogP contribution is 2.18. The molecule has 1 aromatic rings. The van der Waals surface area contributed by atoms with E-state index in [1.54, 1.807) is 12.1 Å². The lowest BCUT2D eigenvalue weighted by Crippen LogP contribution is -2.44. The van der Waals surface area contributed by atoms with Crippen LogP contribution in [0.25, 0.3) is 0 Å². The number of β-amino-alcohol motifs (C(OH)–C–C–N with tert-alkyl or cyclic N) is 1. The highest BCUT2D eigenvalue weighted by atomic mass is 79.9. The van der Waals surface area contributed by atoms with Gasteiger partial charge in [-0.3, -0.25) is 4.79 Å². The molecule has 1 saturated heterocycles. The molecule has 3 atom stereocenters. The Morgan fingerprint density at radius 1 is 1.62 bits per heavy atom. The Morgan fingerprint density at radius 2 is 2.33 bits per heavy atom. The van der Waals surface area contributed by atoms with Crippen LogP contribution < -0.4 is 10.6 Å². The first-order valence-corrected chi connectivity index (χ1v) is 7.40. The van der Waals surface area contributed by atoms with Gasteiger partial charge < -0.3 is 15.7 Å². The van der Waals surface area contributed by atoms with Crippen LogP contribution in [0, 0.1) is 5.82 Å². The van der Waals surface area contributed by atoms with Gasteiger partial charge in [0.05, 0.1) is 16.6 Å². The molecule has 118 valence electrons. The van der Waals surface area contributed by atoms with Crippen molar-refractivity contribution >= 4 is 34.2 Å². The number of hydrogen-bond donors (Lipinski definition) is 3. The molecule has 1 heterocycles. The number of halogens is 3. The Kier molecular flexibility index (Phi) is 7.06. The van der Waals surface area contributed by atoms with E-state index >= 15 is 0 Å². The fourth-order valence-electron chi connectivity index (χ4n) is 2.33. The van der Waals surface area contributed by atoms with Gasteiger partial charge in [-0.15, -0.1) is 12.4 Å². The maximum absolute atomic E-state index is 13.1. The molecule has 0 bridgehead atoms. The van der Waals surface area contributed by atoms with E-state index in [1.165, 1.54) is 6.07 Å². The molecule has 2 rings (SSSR count). The van der Waals surface area contributed by atoms with Crippen molar-refractivity contribution < 1.29 is 14.3 Å². The van der Waals surface area contributed by atoms with Crippen molar-refractivity contribution in [1.82, 2.24) is 10.6 Å². The number of aliphatic hydroxyl groups is 1. The average molecular weight is 382 g/mol. The summed E-state index contributed by atoms with van der Waals surface area (Å²) in [5.74, 6) is -0.398. The van der Waals surface area contributed by atoms with Crippen molar-refractivity contribution in [3.8, 4) is 0 Å². The molecule has 1 aromatic carbocycles. The molecule has 1 aliphatic heterocycles. The molecule has 1 amide bonds. The summed E-state index contributed by atoms with van der Waals surface area (Å²) in [5, 5.41) is 15.3. The summed E-state index contributed by atoms with van der Waals surface area (Å²) in [5.41, 5.74) is 0.950. The summed E-state index contributed by atoms with van der Waals surface area (Å²) in [6.07, 6.45) is 0.620. The zero-order valence-corrected chi connectivity index (χ0v) is 14.0.